The molecule has 82 valence electrons. The number of carboxylic acid groups (broad SMARTS) is 1. The third-order valence-corrected chi connectivity index (χ3v) is 3.36. The van der Waals surface area contributed by atoms with Gasteiger partial charge in [-0.2, -0.15) is 0 Å². The highest BCUT2D eigenvalue weighted by molar-refractivity contribution is 5.77. The number of hydrogen-bond donors (Lipinski definition) is 1. The van der Waals surface area contributed by atoms with Gasteiger partial charge in [0.25, 0.3) is 0 Å². The SMILES string of the molecule is CC1CCCC(C)N1C(C)(C)C(=O)O. The van der Waals surface area contributed by atoms with Crippen LogP contribution in [0.5, 0.6) is 0 Å². The predicted molar refractivity (Wildman–Crippen MR) is 56.3 cm³/mol. The lowest BCUT2D eigenvalue weighted by molar-refractivity contribution is -0.154. The third-order valence-electron chi connectivity index (χ3n) is 3.36. The number of nitrogens with zero attached hydrogens (tertiary/aromatic N) is 1. The van der Waals surface area contributed by atoms with Crippen LogP contribution in [0.2, 0.25) is 0 Å². The first-order valence-electron chi connectivity index (χ1n) is 5.39. The third kappa shape index (κ3) is 1.92. The van der Waals surface area contributed by atoms with E-state index in [0.717, 1.165) is 12.8 Å². The fourth-order valence-corrected chi connectivity index (χ4v) is 2.63. The normalized spacial score (nSPS) is 30.3. The van der Waals surface area contributed by atoms with Gasteiger partial charge in [-0.1, -0.05) is 6.42 Å². The molecule has 0 amide bonds. The number of aliphatic carboxylic acids is 1. The molecule has 3 heteroatoms. The maximum absolute atomic E-state index is 11.2. The Kier molecular flexibility index (Phi) is 3.20. The molecule has 1 aliphatic heterocycles. The van der Waals surface area contributed by atoms with Gasteiger partial charge in [-0.3, -0.25) is 9.69 Å². The molecular formula is C11H21NO2. The van der Waals surface area contributed by atoms with E-state index in [0.29, 0.717) is 12.1 Å². The maximum Gasteiger partial charge on any atom is 0.323 e. The first-order valence-corrected chi connectivity index (χ1v) is 5.39. The van der Waals surface area contributed by atoms with Crippen molar-refractivity contribution in [2.75, 3.05) is 0 Å². The van der Waals surface area contributed by atoms with Crippen molar-refractivity contribution in [1.29, 1.82) is 0 Å². The van der Waals surface area contributed by atoms with Crippen LogP contribution >= 0.6 is 0 Å². The molecular weight excluding hydrogens is 178 g/mol. The Morgan fingerprint density at radius 3 is 2.07 bits per heavy atom. The van der Waals surface area contributed by atoms with Crippen LogP contribution in [0.4, 0.5) is 0 Å². The molecule has 1 aliphatic rings. The first-order chi connectivity index (χ1) is 6.37. The fourth-order valence-electron chi connectivity index (χ4n) is 2.63. The van der Waals surface area contributed by atoms with E-state index in [-0.39, 0.29) is 0 Å². The fraction of sp³-hybridized carbons (Fsp3) is 0.909. The minimum Gasteiger partial charge on any atom is -0.480 e. The van der Waals surface area contributed by atoms with Gasteiger partial charge in [-0.15, -0.1) is 0 Å². The molecule has 1 N–H and O–H groups in total. The summed E-state index contributed by atoms with van der Waals surface area (Å²) in [5, 5.41) is 9.19. The molecule has 0 aliphatic carbocycles. The molecule has 0 saturated carbocycles. The van der Waals surface area contributed by atoms with Crippen molar-refractivity contribution in [1.82, 2.24) is 4.90 Å². The molecule has 14 heavy (non-hydrogen) atoms. The minimum atomic E-state index is -0.737. The van der Waals surface area contributed by atoms with Crippen molar-refractivity contribution in [2.24, 2.45) is 0 Å². The molecule has 0 aromatic carbocycles. The van der Waals surface area contributed by atoms with Crippen molar-refractivity contribution in [2.45, 2.75) is 64.6 Å². The summed E-state index contributed by atoms with van der Waals surface area (Å²) in [5.74, 6) is -0.724. The number of piperidine rings is 1. The largest absolute Gasteiger partial charge is 0.480 e. The molecule has 0 spiro atoms. The molecule has 1 fully saturated rings. The lowest BCUT2D eigenvalue weighted by Crippen LogP contribution is -2.59. The van der Waals surface area contributed by atoms with Crippen LogP contribution in [0.3, 0.4) is 0 Å². The summed E-state index contributed by atoms with van der Waals surface area (Å²) in [6.45, 7) is 7.85. The summed E-state index contributed by atoms with van der Waals surface area (Å²) in [6.07, 6.45) is 3.44. The Morgan fingerprint density at radius 1 is 1.29 bits per heavy atom. The van der Waals surface area contributed by atoms with Gasteiger partial charge < -0.3 is 5.11 Å². The lowest BCUT2D eigenvalue weighted by Gasteiger charge is -2.46. The highest BCUT2D eigenvalue weighted by Crippen LogP contribution is 2.30. The summed E-state index contributed by atoms with van der Waals surface area (Å²) in [5.41, 5.74) is -0.737. The van der Waals surface area contributed by atoms with Crippen LogP contribution in [0, 0.1) is 0 Å². The Balaban J connectivity index is 2.87. The van der Waals surface area contributed by atoms with Gasteiger partial charge in [-0.25, -0.2) is 0 Å². The van der Waals surface area contributed by atoms with Gasteiger partial charge in [0.05, 0.1) is 0 Å². The lowest BCUT2D eigenvalue weighted by atomic mass is 9.90. The summed E-state index contributed by atoms with van der Waals surface area (Å²) >= 11 is 0. The molecule has 0 aromatic rings. The maximum atomic E-state index is 11.2. The van der Waals surface area contributed by atoms with Gasteiger partial charge in [0.15, 0.2) is 0 Å². The van der Waals surface area contributed by atoms with E-state index >= 15 is 0 Å². The second-order valence-electron chi connectivity index (χ2n) is 4.90. The monoisotopic (exact) mass is 199 g/mol. The van der Waals surface area contributed by atoms with Crippen LogP contribution in [0.1, 0.15) is 47.0 Å². The number of rotatable bonds is 2. The van der Waals surface area contributed by atoms with Crippen molar-refractivity contribution in [3.05, 3.63) is 0 Å². The highest BCUT2D eigenvalue weighted by atomic mass is 16.4. The smallest absolute Gasteiger partial charge is 0.323 e. The Hall–Kier alpha value is -0.570. The number of carbonyl (C=O) groups is 1. The predicted octanol–water partition coefficient (Wildman–Crippen LogP) is 2.11. The van der Waals surface area contributed by atoms with Gasteiger partial charge in [0.1, 0.15) is 5.54 Å². The summed E-state index contributed by atoms with van der Waals surface area (Å²) in [4.78, 5) is 13.3. The molecule has 2 unspecified atom stereocenters. The second kappa shape index (κ2) is 3.89. The number of carboxylic acids is 1. The number of hydrogen-bond acceptors (Lipinski definition) is 2. The molecule has 0 aromatic heterocycles. The summed E-state index contributed by atoms with van der Waals surface area (Å²) < 4.78 is 0. The molecule has 0 radical (unpaired) electrons. The molecule has 3 nitrogen and oxygen atoms in total. The molecule has 1 saturated heterocycles. The Bertz CT molecular complexity index is 215. The standard InChI is InChI=1S/C11H21NO2/c1-8-6-5-7-9(2)12(8)11(3,4)10(13)14/h8-9H,5-7H2,1-4H3,(H,13,14). The average Bonchev–Trinajstić information content (AvgIpc) is 2.02. The molecule has 1 rings (SSSR count). The average molecular weight is 199 g/mol. The van der Waals surface area contributed by atoms with E-state index in [9.17, 15) is 9.90 Å². The first kappa shape index (κ1) is 11.5. The van der Waals surface area contributed by atoms with E-state index in [1.807, 2.05) is 0 Å². The zero-order valence-corrected chi connectivity index (χ0v) is 9.58. The van der Waals surface area contributed by atoms with E-state index in [1.54, 1.807) is 13.8 Å². The van der Waals surface area contributed by atoms with E-state index in [4.69, 9.17) is 0 Å². The Morgan fingerprint density at radius 2 is 1.71 bits per heavy atom. The van der Waals surface area contributed by atoms with Crippen LogP contribution in [0.25, 0.3) is 0 Å². The van der Waals surface area contributed by atoms with Gasteiger partial charge in [-0.05, 0) is 40.5 Å². The quantitative estimate of drug-likeness (QED) is 0.740. The van der Waals surface area contributed by atoms with Gasteiger partial charge in [0.2, 0.25) is 0 Å². The second-order valence-corrected chi connectivity index (χ2v) is 4.90. The molecule has 2 atom stereocenters. The zero-order chi connectivity index (χ0) is 10.9. The molecule has 0 bridgehead atoms. The van der Waals surface area contributed by atoms with Gasteiger partial charge >= 0.3 is 5.97 Å². The van der Waals surface area contributed by atoms with Crippen LogP contribution < -0.4 is 0 Å². The summed E-state index contributed by atoms with van der Waals surface area (Å²) in [6, 6.07) is 0.759. The van der Waals surface area contributed by atoms with E-state index in [1.165, 1.54) is 6.42 Å². The van der Waals surface area contributed by atoms with Crippen molar-refractivity contribution in [3.8, 4) is 0 Å². The highest BCUT2D eigenvalue weighted by Gasteiger charge is 2.41. The van der Waals surface area contributed by atoms with Crippen LogP contribution in [0.15, 0.2) is 0 Å². The Labute approximate surface area is 86.1 Å². The topological polar surface area (TPSA) is 40.5 Å². The van der Waals surface area contributed by atoms with Crippen LogP contribution in [-0.4, -0.2) is 33.6 Å². The van der Waals surface area contributed by atoms with Crippen molar-refractivity contribution >= 4 is 5.97 Å². The zero-order valence-electron chi connectivity index (χ0n) is 9.58. The van der Waals surface area contributed by atoms with E-state index < -0.39 is 11.5 Å². The summed E-state index contributed by atoms with van der Waals surface area (Å²) in [7, 11) is 0. The van der Waals surface area contributed by atoms with Crippen molar-refractivity contribution in [3.63, 3.8) is 0 Å². The minimum absolute atomic E-state index is 0.379. The van der Waals surface area contributed by atoms with Crippen molar-refractivity contribution < 1.29 is 9.90 Å². The van der Waals surface area contributed by atoms with Crippen LogP contribution in [-0.2, 0) is 4.79 Å². The van der Waals surface area contributed by atoms with Gasteiger partial charge in [0, 0.05) is 12.1 Å². The van der Waals surface area contributed by atoms with E-state index in [2.05, 4.69) is 18.7 Å². The molecule has 1 heterocycles. The number of likely N-dealkylation sites (tertiary alicyclic amines) is 1.